The van der Waals surface area contributed by atoms with Gasteiger partial charge in [-0.2, -0.15) is 5.26 Å². The van der Waals surface area contributed by atoms with E-state index in [1.807, 2.05) is 16.8 Å². The van der Waals surface area contributed by atoms with E-state index in [1.54, 1.807) is 6.07 Å². The molecule has 5 heteroatoms. The van der Waals surface area contributed by atoms with Crippen molar-refractivity contribution in [3.8, 4) is 6.07 Å². The standard InChI is InChI=1S/C15H23N4O/c1-13-4-2-5-14(10-13)12-19(20)17-7-9-18-8-3-6-15(18)11-16/h3,6,8,13-14,17H,2,4-5,7,9-10,12H2,1H3/q-1. The molecule has 1 aliphatic carbocycles. The minimum Gasteiger partial charge on any atom is -0.772 e. The third kappa shape index (κ3) is 4.34. The summed E-state index contributed by atoms with van der Waals surface area (Å²) in [6.45, 7) is 4.02. The zero-order valence-electron chi connectivity index (χ0n) is 12.1. The van der Waals surface area contributed by atoms with Crippen LogP contribution in [0.5, 0.6) is 0 Å². The van der Waals surface area contributed by atoms with Crippen LogP contribution in [0.4, 0.5) is 0 Å². The maximum Gasteiger partial charge on any atom is 0.120 e. The van der Waals surface area contributed by atoms with E-state index in [1.165, 1.54) is 19.3 Å². The molecule has 1 aliphatic rings. The van der Waals surface area contributed by atoms with Crippen LogP contribution in [-0.4, -0.2) is 22.8 Å². The minimum atomic E-state index is 0.519. The molecule has 1 fully saturated rings. The summed E-state index contributed by atoms with van der Waals surface area (Å²) in [5.74, 6) is 1.27. The number of hydroxylamine groups is 1. The van der Waals surface area contributed by atoms with Crippen molar-refractivity contribution in [2.45, 2.75) is 39.2 Å². The number of aromatic nitrogens is 1. The van der Waals surface area contributed by atoms with E-state index in [0.29, 0.717) is 31.2 Å². The molecule has 0 saturated heterocycles. The number of hydrogen-bond donors (Lipinski definition) is 1. The topological polar surface area (TPSA) is 67.0 Å². The number of nitrogens with one attached hydrogen (secondary N) is 1. The smallest absolute Gasteiger partial charge is 0.120 e. The molecule has 1 aromatic heterocycles. The number of hydrogen-bond acceptors (Lipinski definition) is 4. The lowest BCUT2D eigenvalue weighted by atomic mass is 9.82. The molecule has 1 saturated carbocycles. The second kappa shape index (κ2) is 7.44. The SMILES string of the molecule is CC1CCCC(CN([O-])NCCn2cccc2C#N)C1. The predicted molar refractivity (Wildman–Crippen MR) is 78.3 cm³/mol. The van der Waals surface area contributed by atoms with Gasteiger partial charge in [-0.05, 0) is 36.8 Å². The van der Waals surface area contributed by atoms with Crippen LogP contribution in [0.15, 0.2) is 18.3 Å². The lowest BCUT2D eigenvalue weighted by Gasteiger charge is -2.36. The van der Waals surface area contributed by atoms with Crippen molar-refractivity contribution in [1.82, 2.24) is 15.2 Å². The van der Waals surface area contributed by atoms with E-state index in [0.717, 1.165) is 17.5 Å². The van der Waals surface area contributed by atoms with Gasteiger partial charge < -0.3 is 14.9 Å². The van der Waals surface area contributed by atoms with Crippen molar-refractivity contribution in [3.63, 3.8) is 0 Å². The summed E-state index contributed by atoms with van der Waals surface area (Å²) in [6, 6.07) is 5.75. The van der Waals surface area contributed by atoms with Crippen molar-refractivity contribution in [2.75, 3.05) is 13.1 Å². The van der Waals surface area contributed by atoms with Crippen molar-refractivity contribution in [1.29, 1.82) is 5.26 Å². The molecule has 1 aromatic rings. The Kier molecular flexibility index (Phi) is 5.60. The van der Waals surface area contributed by atoms with Crippen molar-refractivity contribution < 1.29 is 0 Å². The maximum absolute atomic E-state index is 11.8. The Bertz CT molecular complexity index is 451. The fourth-order valence-corrected chi connectivity index (χ4v) is 3.03. The van der Waals surface area contributed by atoms with Gasteiger partial charge in [-0.25, -0.2) is 0 Å². The molecular weight excluding hydrogens is 252 g/mol. The molecular formula is C15H23N4O-. The summed E-state index contributed by atoms with van der Waals surface area (Å²) in [6.07, 6.45) is 6.73. The maximum atomic E-state index is 11.8. The van der Waals surface area contributed by atoms with Crippen molar-refractivity contribution in [2.24, 2.45) is 11.8 Å². The van der Waals surface area contributed by atoms with Gasteiger partial charge in [0.2, 0.25) is 0 Å². The molecule has 0 aromatic carbocycles. The monoisotopic (exact) mass is 275 g/mol. The minimum absolute atomic E-state index is 0.519. The first-order valence-corrected chi connectivity index (χ1v) is 7.42. The van der Waals surface area contributed by atoms with Crippen LogP contribution in [0.3, 0.4) is 0 Å². The van der Waals surface area contributed by atoms with E-state index >= 15 is 0 Å². The normalized spacial score (nSPS) is 22.9. The molecule has 0 amide bonds. The zero-order chi connectivity index (χ0) is 14.4. The van der Waals surface area contributed by atoms with E-state index in [2.05, 4.69) is 18.4 Å². The first kappa shape index (κ1) is 15.0. The molecule has 5 nitrogen and oxygen atoms in total. The van der Waals surface area contributed by atoms with Crippen LogP contribution in [0, 0.1) is 28.4 Å². The average molecular weight is 275 g/mol. The number of hydrazine groups is 1. The first-order chi connectivity index (χ1) is 9.69. The highest BCUT2D eigenvalue weighted by Crippen LogP contribution is 2.28. The molecule has 110 valence electrons. The summed E-state index contributed by atoms with van der Waals surface area (Å²) in [7, 11) is 0. The summed E-state index contributed by atoms with van der Waals surface area (Å²) in [5, 5.41) is 21.7. The molecule has 0 bridgehead atoms. The lowest BCUT2D eigenvalue weighted by Crippen LogP contribution is -2.39. The van der Waals surface area contributed by atoms with Gasteiger partial charge in [0.05, 0.1) is 0 Å². The Morgan fingerprint density at radius 2 is 2.40 bits per heavy atom. The zero-order valence-corrected chi connectivity index (χ0v) is 12.1. The predicted octanol–water partition coefficient (Wildman–Crippen LogP) is 2.49. The number of rotatable bonds is 6. The van der Waals surface area contributed by atoms with Crippen LogP contribution in [0.25, 0.3) is 0 Å². The van der Waals surface area contributed by atoms with E-state index < -0.39 is 0 Å². The Labute approximate surface area is 120 Å². The summed E-state index contributed by atoms with van der Waals surface area (Å²) in [5.41, 5.74) is 3.51. The average Bonchev–Trinajstić information content (AvgIpc) is 2.86. The van der Waals surface area contributed by atoms with Gasteiger partial charge in [0.1, 0.15) is 11.8 Å². The van der Waals surface area contributed by atoms with Crippen molar-refractivity contribution >= 4 is 0 Å². The van der Waals surface area contributed by atoms with Crippen LogP contribution in [-0.2, 0) is 6.54 Å². The van der Waals surface area contributed by atoms with Crippen LogP contribution in [0.2, 0.25) is 0 Å². The van der Waals surface area contributed by atoms with E-state index in [4.69, 9.17) is 5.26 Å². The lowest BCUT2D eigenvalue weighted by molar-refractivity contribution is 0.177. The van der Waals surface area contributed by atoms with Crippen molar-refractivity contribution in [3.05, 3.63) is 29.2 Å². The summed E-state index contributed by atoms with van der Waals surface area (Å²) in [4.78, 5) is 0. The summed E-state index contributed by atoms with van der Waals surface area (Å²) < 4.78 is 1.85. The van der Waals surface area contributed by atoms with Gasteiger partial charge >= 0.3 is 0 Å². The number of nitriles is 1. The molecule has 0 spiro atoms. The van der Waals surface area contributed by atoms with Gasteiger partial charge in [-0.15, -0.1) is 0 Å². The Balaban J connectivity index is 1.67. The molecule has 1 N–H and O–H groups in total. The Morgan fingerprint density at radius 1 is 1.55 bits per heavy atom. The molecule has 0 radical (unpaired) electrons. The van der Waals surface area contributed by atoms with Gasteiger partial charge in [-0.1, -0.05) is 19.8 Å². The Morgan fingerprint density at radius 3 is 3.15 bits per heavy atom. The fourth-order valence-electron chi connectivity index (χ4n) is 3.03. The highest BCUT2D eigenvalue weighted by Gasteiger charge is 2.18. The summed E-state index contributed by atoms with van der Waals surface area (Å²) >= 11 is 0. The van der Waals surface area contributed by atoms with Gasteiger partial charge in [0.15, 0.2) is 0 Å². The molecule has 2 unspecified atom stereocenters. The molecule has 2 rings (SSSR count). The second-order valence-corrected chi connectivity index (χ2v) is 5.81. The molecule has 1 heterocycles. The third-order valence-corrected chi connectivity index (χ3v) is 4.05. The van der Waals surface area contributed by atoms with Gasteiger partial charge in [0.25, 0.3) is 0 Å². The Hall–Kier alpha value is -1.35. The van der Waals surface area contributed by atoms with Crippen LogP contribution in [0.1, 0.15) is 38.3 Å². The van der Waals surface area contributed by atoms with Crippen LogP contribution >= 0.6 is 0 Å². The first-order valence-electron chi connectivity index (χ1n) is 7.42. The molecule has 2 atom stereocenters. The largest absolute Gasteiger partial charge is 0.772 e. The fraction of sp³-hybridized carbons (Fsp3) is 0.667. The number of nitrogens with zero attached hydrogens (tertiary/aromatic N) is 3. The highest BCUT2D eigenvalue weighted by atomic mass is 16.5. The highest BCUT2D eigenvalue weighted by molar-refractivity contribution is 5.21. The molecule has 20 heavy (non-hydrogen) atoms. The third-order valence-electron chi connectivity index (χ3n) is 4.05. The quantitative estimate of drug-likeness (QED) is 0.810. The molecule has 0 aliphatic heterocycles. The van der Waals surface area contributed by atoms with E-state index in [9.17, 15) is 5.21 Å². The second-order valence-electron chi connectivity index (χ2n) is 5.81. The van der Waals surface area contributed by atoms with E-state index in [-0.39, 0.29) is 0 Å². The van der Waals surface area contributed by atoms with Crippen LogP contribution < -0.4 is 5.43 Å². The van der Waals surface area contributed by atoms with Gasteiger partial charge in [-0.3, -0.25) is 5.43 Å². The van der Waals surface area contributed by atoms with Gasteiger partial charge in [0, 0.05) is 25.8 Å².